The summed E-state index contributed by atoms with van der Waals surface area (Å²) >= 11 is 0. The highest BCUT2D eigenvalue weighted by Gasteiger charge is 2.26. The average molecular weight is 406 g/mol. The summed E-state index contributed by atoms with van der Waals surface area (Å²) in [6.07, 6.45) is 0. The Bertz CT molecular complexity index is 1240. The maximum absolute atomic E-state index is 6.57. The van der Waals surface area contributed by atoms with Crippen LogP contribution < -0.4 is 57.3 Å². The van der Waals surface area contributed by atoms with E-state index in [0.29, 0.717) is 55.1 Å². The van der Waals surface area contributed by atoms with E-state index in [1.807, 2.05) is 13.8 Å². The van der Waals surface area contributed by atoms with Gasteiger partial charge in [-0.05, 0) is 25.0 Å². The van der Waals surface area contributed by atoms with Gasteiger partial charge in [-0.25, -0.2) is 0 Å². The van der Waals surface area contributed by atoms with Crippen molar-refractivity contribution in [3.63, 3.8) is 0 Å². The van der Waals surface area contributed by atoms with Crippen LogP contribution in [0.3, 0.4) is 0 Å². The Morgan fingerprint density at radius 1 is 0.267 bits per heavy atom. The molecule has 0 saturated heterocycles. The Labute approximate surface area is 172 Å². The lowest BCUT2D eigenvalue weighted by Gasteiger charge is -2.23. The quantitative estimate of drug-likeness (QED) is 0.114. The molecule has 0 aliphatic rings. The number of nitrogens with two attached hydrogens (primary N) is 10. The summed E-state index contributed by atoms with van der Waals surface area (Å²) in [5.41, 5.74) is 67.7. The largest absolute Gasteiger partial charge is 0.398 e. The van der Waals surface area contributed by atoms with Crippen molar-refractivity contribution in [1.29, 1.82) is 0 Å². The number of nitrogen functional groups attached to an aromatic ring is 10. The summed E-state index contributed by atoms with van der Waals surface area (Å²) in [6, 6.07) is 0. The lowest BCUT2D eigenvalue weighted by atomic mass is 9.88. The second kappa shape index (κ2) is 5.60. The summed E-state index contributed by atoms with van der Waals surface area (Å²) < 4.78 is 0. The second-order valence-electron chi connectivity index (χ2n) is 7.64. The lowest BCUT2D eigenvalue weighted by molar-refractivity contribution is 1.37. The van der Waals surface area contributed by atoms with Gasteiger partial charge in [0.2, 0.25) is 0 Å². The number of fused-ring (bicyclic) bond motifs is 3. The number of anilines is 10. The van der Waals surface area contributed by atoms with E-state index >= 15 is 0 Å². The zero-order valence-corrected chi connectivity index (χ0v) is 16.8. The fourth-order valence-corrected chi connectivity index (χ4v) is 4.33. The van der Waals surface area contributed by atoms with Crippen molar-refractivity contribution in [2.24, 2.45) is 0 Å². The molecule has 0 spiro atoms. The third-order valence-electron chi connectivity index (χ3n) is 6.22. The van der Waals surface area contributed by atoms with Crippen LogP contribution in [-0.2, 0) is 0 Å². The normalized spacial score (nSPS) is 11.7. The van der Waals surface area contributed by atoms with Gasteiger partial charge in [-0.3, -0.25) is 0 Å². The Morgan fingerprint density at radius 2 is 0.467 bits per heavy atom. The summed E-state index contributed by atoms with van der Waals surface area (Å²) in [4.78, 5) is 0. The molecule has 0 fully saturated rings. The van der Waals surface area contributed by atoms with Crippen LogP contribution in [0.25, 0.3) is 32.3 Å². The summed E-state index contributed by atoms with van der Waals surface area (Å²) in [7, 11) is 0. The van der Waals surface area contributed by atoms with Crippen molar-refractivity contribution in [2.75, 3.05) is 57.3 Å². The zero-order chi connectivity index (χ0) is 22.4. The molecular formula is C20H26N10. The molecule has 4 aromatic rings. The molecule has 0 aliphatic heterocycles. The lowest BCUT2D eigenvalue weighted by Crippen LogP contribution is -2.11. The Hall–Kier alpha value is -4.34. The molecule has 0 aliphatic carbocycles. The van der Waals surface area contributed by atoms with E-state index in [-0.39, 0.29) is 34.1 Å². The van der Waals surface area contributed by atoms with Gasteiger partial charge in [-0.2, -0.15) is 0 Å². The third kappa shape index (κ3) is 1.91. The molecule has 0 unspecified atom stereocenters. The van der Waals surface area contributed by atoms with Gasteiger partial charge in [-0.1, -0.05) is 0 Å². The summed E-state index contributed by atoms with van der Waals surface area (Å²) in [5, 5.41) is 2.58. The first-order valence-corrected chi connectivity index (χ1v) is 9.14. The molecule has 156 valence electrons. The van der Waals surface area contributed by atoms with Crippen LogP contribution in [0.15, 0.2) is 0 Å². The molecule has 30 heavy (non-hydrogen) atoms. The van der Waals surface area contributed by atoms with Gasteiger partial charge in [-0.15, -0.1) is 0 Å². The highest BCUT2D eigenvalue weighted by atomic mass is 14.8. The topological polar surface area (TPSA) is 260 Å². The fourth-order valence-electron chi connectivity index (χ4n) is 4.33. The molecule has 0 heterocycles. The van der Waals surface area contributed by atoms with Gasteiger partial charge in [0.1, 0.15) is 0 Å². The van der Waals surface area contributed by atoms with Crippen molar-refractivity contribution in [3.8, 4) is 0 Å². The zero-order valence-electron chi connectivity index (χ0n) is 16.8. The van der Waals surface area contributed by atoms with E-state index < -0.39 is 0 Å². The minimum absolute atomic E-state index is 0.119. The molecule has 4 aromatic carbocycles. The summed E-state index contributed by atoms with van der Waals surface area (Å²) in [5.74, 6) is 0. The van der Waals surface area contributed by atoms with E-state index in [2.05, 4.69) is 0 Å². The molecule has 4 rings (SSSR count). The molecule has 0 amide bonds. The van der Waals surface area contributed by atoms with Crippen LogP contribution in [0.5, 0.6) is 0 Å². The molecule has 0 radical (unpaired) electrons. The van der Waals surface area contributed by atoms with E-state index in [1.165, 1.54) is 0 Å². The van der Waals surface area contributed by atoms with E-state index in [0.717, 1.165) is 11.1 Å². The van der Waals surface area contributed by atoms with Crippen LogP contribution in [0.4, 0.5) is 56.9 Å². The van der Waals surface area contributed by atoms with Crippen molar-refractivity contribution in [2.45, 2.75) is 13.8 Å². The number of rotatable bonds is 0. The van der Waals surface area contributed by atoms with Gasteiger partial charge in [0, 0.05) is 43.7 Å². The van der Waals surface area contributed by atoms with Crippen molar-refractivity contribution in [3.05, 3.63) is 11.1 Å². The third-order valence-corrected chi connectivity index (χ3v) is 6.22. The van der Waals surface area contributed by atoms with Crippen molar-refractivity contribution >= 4 is 89.2 Å². The predicted octanol–water partition coefficient (Wildman–Crippen LogP) is 1.59. The first-order valence-electron chi connectivity index (χ1n) is 9.14. The Kier molecular flexibility index (Phi) is 3.54. The van der Waals surface area contributed by atoms with E-state index in [1.54, 1.807) is 0 Å². The molecule has 10 heteroatoms. The first-order chi connectivity index (χ1) is 13.9. The molecule has 0 bridgehead atoms. The molecule has 0 saturated carbocycles. The standard InChI is InChI=1S/C20H26N10/c1-3-4(2)12(22)6-5(11(3)21)13(23)7-8(14(6)24)16(26)10-9(15(7)25)17(27)19(29)20(30)18(10)28/h21-30H2,1-2H3. The molecule has 10 nitrogen and oxygen atoms in total. The number of hydrogen-bond acceptors (Lipinski definition) is 10. The Balaban J connectivity index is 2.49. The second-order valence-corrected chi connectivity index (χ2v) is 7.64. The van der Waals surface area contributed by atoms with Gasteiger partial charge in [0.05, 0.1) is 45.5 Å². The fraction of sp³-hybridized carbons (Fsp3) is 0.100. The van der Waals surface area contributed by atoms with Crippen LogP contribution >= 0.6 is 0 Å². The Morgan fingerprint density at radius 3 is 0.733 bits per heavy atom. The molecule has 20 N–H and O–H groups in total. The van der Waals surface area contributed by atoms with Gasteiger partial charge >= 0.3 is 0 Å². The number of hydrogen-bond donors (Lipinski definition) is 10. The van der Waals surface area contributed by atoms with Crippen LogP contribution in [0, 0.1) is 13.8 Å². The maximum atomic E-state index is 6.57. The van der Waals surface area contributed by atoms with Gasteiger partial charge < -0.3 is 57.3 Å². The van der Waals surface area contributed by atoms with Crippen molar-refractivity contribution < 1.29 is 0 Å². The smallest absolute Gasteiger partial charge is 0.0810 e. The number of benzene rings is 4. The minimum Gasteiger partial charge on any atom is -0.398 e. The monoisotopic (exact) mass is 406 g/mol. The SMILES string of the molecule is Cc1c(C)c(N)c2c(N)c3c(N)c4c(N)c(N)c(N)c(N)c4c(N)c3c(N)c2c1N. The molecule has 0 aromatic heterocycles. The predicted molar refractivity (Wildman–Crippen MR) is 133 cm³/mol. The van der Waals surface area contributed by atoms with Crippen LogP contribution in [0.1, 0.15) is 11.1 Å². The maximum Gasteiger partial charge on any atom is 0.0810 e. The van der Waals surface area contributed by atoms with Crippen LogP contribution in [0.2, 0.25) is 0 Å². The van der Waals surface area contributed by atoms with Gasteiger partial charge in [0.15, 0.2) is 0 Å². The van der Waals surface area contributed by atoms with Crippen LogP contribution in [-0.4, -0.2) is 0 Å². The minimum atomic E-state index is 0.119. The highest BCUT2D eigenvalue weighted by molar-refractivity contribution is 6.37. The summed E-state index contributed by atoms with van der Waals surface area (Å²) in [6.45, 7) is 3.72. The first kappa shape index (κ1) is 19.0. The highest BCUT2D eigenvalue weighted by Crippen LogP contribution is 2.53. The van der Waals surface area contributed by atoms with E-state index in [4.69, 9.17) is 57.3 Å². The molecule has 0 atom stereocenters. The van der Waals surface area contributed by atoms with Gasteiger partial charge in [0.25, 0.3) is 0 Å². The van der Waals surface area contributed by atoms with Crippen molar-refractivity contribution in [1.82, 2.24) is 0 Å². The average Bonchev–Trinajstić information content (AvgIpc) is 2.70. The molecular weight excluding hydrogens is 380 g/mol. The van der Waals surface area contributed by atoms with E-state index in [9.17, 15) is 0 Å².